The fraction of sp³-hybridized carbons (Fsp3) is 0.289. The number of imide groups is 1. The molecule has 2 N–H and O–H groups in total. The Bertz CT molecular complexity index is 1750. The molecule has 8 nitrogen and oxygen atoms in total. The standard InChI is InChI=1S/C38H41N5O3/c1-5-42(6-2)38(46)43-33-14-10-13-31(36(33)35(37(43)45)28-17-20-32-29(21-28)22-34(44)40-32)25(3)39-30-18-15-27(16-19-30)24-41(4)23-26-11-8-7-9-12-26/h7-12,14-21,35,39H,5-6,13,22-24H2,1-4H3,(H,40,44). The van der Waals surface area contributed by atoms with E-state index in [0.29, 0.717) is 25.2 Å². The fourth-order valence-electron chi connectivity index (χ4n) is 6.71. The van der Waals surface area contributed by atoms with Gasteiger partial charge in [0.2, 0.25) is 11.8 Å². The highest BCUT2D eigenvalue weighted by Gasteiger charge is 2.46. The molecule has 0 radical (unpaired) electrons. The number of allylic oxidation sites excluding steroid dienone is 4. The summed E-state index contributed by atoms with van der Waals surface area (Å²) in [6.07, 6.45) is 4.83. The molecule has 0 bridgehead atoms. The fourth-order valence-corrected chi connectivity index (χ4v) is 6.71. The number of fused-ring (bicyclic) bond motifs is 1. The molecule has 6 rings (SSSR count). The van der Waals surface area contributed by atoms with E-state index in [1.54, 1.807) is 4.90 Å². The van der Waals surface area contributed by atoms with Gasteiger partial charge >= 0.3 is 6.03 Å². The van der Waals surface area contributed by atoms with Crippen molar-refractivity contribution in [3.05, 3.63) is 130 Å². The molecule has 3 aromatic rings. The second-order valence-corrected chi connectivity index (χ2v) is 12.2. The third kappa shape index (κ3) is 6.13. The summed E-state index contributed by atoms with van der Waals surface area (Å²) in [5.74, 6) is -0.979. The van der Waals surface area contributed by atoms with Crippen molar-refractivity contribution in [2.75, 3.05) is 30.8 Å². The van der Waals surface area contributed by atoms with E-state index in [0.717, 1.165) is 52.4 Å². The van der Waals surface area contributed by atoms with Gasteiger partial charge in [0.15, 0.2) is 0 Å². The molecule has 4 amide bonds. The van der Waals surface area contributed by atoms with E-state index in [2.05, 4.69) is 71.1 Å². The molecule has 0 saturated heterocycles. The van der Waals surface area contributed by atoms with Crippen LogP contribution in [0.3, 0.4) is 0 Å². The van der Waals surface area contributed by atoms with Gasteiger partial charge in [-0.2, -0.15) is 0 Å². The van der Waals surface area contributed by atoms with Crippen LogP contribution in [0.4, 0.5) is 16.2 Å². The number of carbonyl (C=O) groups excluding carboxylic acids is 3. The monoisotopic (exact) mass is 615 g/mol. The Morgan fingerprint density at radius 1 is 0.957 bits per heavy atom. The molecular weight excluding hydrogens is 574 g/mol. The van der Waals surface area contributed by atoms with E-state index < -0.39 is 5.92 Å². The van der Waals surface area contributed by atoms with Crippen molar-refractivity contribution in [3.8, 4) is 0 Å². The minimum absolute atomic E-state index is 0.0572. The SMILES string of the molecule is CCN(CC)C(=O)N1C(=O)C(c2ccc3c(c2)CC(=O)N3)C2=C1C=CCC2=C(C)Nc1ccc(CN(C)Cc2ccccc2)cc1. The highest BCUT2D eigenvalue weighted by molar-refractivity contribution is 6.06. The Balaban J connectivity index is 1.30. The minimum Gasteiger partial charge on any atom is -0.359 e. The lowest BCUT2D eigenvalue weighted by atomic mass is 9.82. The second-order valence-electron chi connectivity index (χ2n) is 12.2. The number of benzene rings is 3. The summed E-state index contributed by atoms with van der Waals surface area (Å²) in [4.78, 5) is 45.4. The van der Waals surface area contributed by atoms with Crippen LogP contribution >= 0.6 is 0 Å². The van der Waals surface area contributed by atoms with Crippen molar-refractivity contribution in [2.45, 2.75) is 52.6 Å². The molecule has 8 heteroatoms. The van der Waals surface area contributed by atoms with E-state index in [-0.39, 0.29) is 24.3 Å². The smallest absolute Gasteiger partial charge is 0.331 e. The minimum atomic E-state index is -0.658. The number of urea groups is 1. The quantitative estimate of drug-likeness (QED) is 0.277. The van der Waals surface area contributed by atoms with E-state index in [1.807, 2.05) is 57.2 Å². The van der Waals surface area contributed by atoms with Gasteiger partial charge < -0.3 is 15.5 Å². The first-order valence-corrected chi connectivity index (χ1v) is 16.0. The van der Waals surface area contributed by atoms with Gasteiger partial charge in [-0.15, -0.1) is 0 Å². The van der Waals surface area contributed by atoms with Crippen LogP contribution in [0.15, 0.2) is 107 Å². The number of amides is 4. The molecule has 46 heavy (non-hydrogen) atoms. The molecule has 3 aromatic carbocycles. The summed E-state index contributed by atoms with van der Waals surface area (Å²) in [7, 11) is 2.12. The number of nitrogens with one attached hydrogen (secondary N) is 2. The Kier molecular flexibility index (Phi) is 8.90. The molecule has 0 spiro atoms. The molecular formula is C38H41N5O3. The molecule has 0 aromatic heterocycles. The van der Waals surface area contributed by atoms with Crippen molar-refractivity contribution < 1.29 is 14.4 Å². The largest absolute Gasteiger partial charge is 0.359 e. The second kappa shape index (κ2) is 13.2. The van der Waals surface area contributed by atoms with Gasteiger partial charge in [0.05, 0.1) is 18.0 Å². The maximum atomic E-state index is 14.3. The number of nitrogens with zero attached hydrogens (tertiary/aromatic N) is 3. The van der Waals surface area contributed by atoms with Crippen molar-refractivity contribution in [3.63, 3.8) is 0 Å². The lowest BCUT2D eigenvalue weighted by Gasteiger charge is -2.26. The molecule has 3 aliphatic rings. The summed E-state index contributed by atoms with van der Waals surface area (Å²) in [5, 5.41) is 6.47. The predicted molar refractivity (Wildman–Crippen MR) is 182 cm³/mol. The zero-order chi connectivity index (χ0) is 32.4. The summed E-state index contributed by atoms with van der Waals surface area (Å²) in [5.41, 5.74) is 9.27. The highest BCUT2D eigenvalue weighted by atomic mass is 16.2. The zero-order valence-electron chi connectivity index (χ0n) is 27.0. The molecule has 0 fully saturated rings. The first kappa shape index (κ1) is 31.0. The van der Waals surface area contributed by atoms with Crippen LogP contribution in [0.25, 0.3) is 0 Å². The van der Waals surface area contributed by atoms with Gasteiger partial charge in [-0.3, -0.25) is 14.5 Å². The third-order valence-electron chi connectivity index (χ3n) is 8.99. The average Bonchev–Trinajstić information content (AvgIpc) is 3.57. The lowest BCUT2D eigenvalue weighted by molar-refractivity contribution is -0.126. The summed E-state index contributed by atoms with van der Waals surface area (Å²) >= 11 is 0. The van der Waals surface area contributed by atoms with Crippen LogP contribution in [-0.2, 0) is 29.1 Å². The first-order chi connectivity index (χ1) is 22.3. The first-order valence-electron chi connectivity index (χ1n) is 16.0. The van der Waals surface area contributed by atoms with Crippen LogP contribution < -0.4 is 10.6 Å². The van der Waals surface area contributed by atoms with Crippen LogP contribution in [0, 0.1) is 0 Å². The van der Waals surface area contributed by atoms with E-state index in [4.69, 9.17) is 0 Å². The Labute approximate surface area is 271 Å². The molecule has 1 atom stereocenters. The van der Waals surface area contributed by atoms with Gasteiger partial charge in [-0.05, 0) is 91.9 Å². The normalized spacial score (nSPS) is 18.1. The number of carbonyl (C=O) groups is 3. The van der Waals surface area contributed by atoms with E-state index in [1.165, 1.54) is 16.0 Å². The van der Waals surface area contributed by atoms with Crippen molar-refractivity contribution in [1.82, 2.24) is 14.7 Å². The summed E-state index contributed by atoms with van der Waals surface area (Å²) in [6.45, 7) is 8.58. The summed E-state index contributed by atoms with van der Waals surface area (Å²) in [6, 6.07) is 24.3. The molecule has 1 unspecified atom stereocenters. The maximum Gasteiger partial charge on any atom is 0.331 e. The van der Waals surface area contributed by atoms with Crippen LogP contribution in [-0.4, -0.2) is 52.7 Å². The Morgan fingerprint density at radius 3 is 2.35 bits per heavy atom. The van der Waals surface area contributed by atoms with Crippen LogP contribution in [0.2, 0.25) is 0 Å². The number of hydrogen-bond donors (Lipinski definition) is 2. The third-order valence-corrected chi connectivity index (χ3v) is 8.99. The van der Waals surface area contributed by atoms with Crippen molar-refractivity contribution >= 4 is 29.2 Å². The van der Waals surface area contributed by atoms with Gasteiger partial charge in [-0.25, -0.2) is 9.69 Å². The zero-order valence-corrected chi connectivity index (χ0v) is 27.0. The Hall–Kier alpha value is -4.95. The van der Waals surface area contributed by atoms with Crippen molar-refractivity contribution in [1.29, 1.82) is 0 Å². The maximum absolute atomic E-state index is 14.3. The predicted octanol–water partition coefficient (Wildman–Crippen LogP) is 6.80. The van der Waals surface area contributed by atoms with E-state index >= 15 is 0 Å². The lowest BCUT2D eigenvalue weighted by Crippen LogP contribution is -2.44. The highest BCUT2D eigenvalue weighted by Crippen LogP contribution is 2.47. The summed E-state index contributed by atoms with van der Waals surface area (Å²) < 4.78 is 0. The topological polar surface area (TPSA) is 85.0 Å². The Morgan fingerprint density at radius 2 is 1.65 bits per heavy atom. The van der Waals surface area contributed by atoms with Gasteiger partial charge in [0.1, 0.15) is 0 Å². The number of rotatable bonds is 9. The number of anilines is 2. The van der Waals surface area contributed by atoms with E-state index in [9.17, 15) is 14.4 Å². The van der Waals surface area contributed by atoms with Gasteiger partial charge in [0.25, 0.3) is 0 Å². The van der Waals surface area contributed by atoms with Crippen molar-refractivity contribution in [2.24, 2.45) is 0 Å². The molecule has 2 heterocycles. The molecule has 1 aliphatic carbocycles. The number of hydrogen-bond acceptors (Lipinski definition) is 5. The molecule has 236 valence electrons. The van der Waals surface area contributed by atoms with Crippen LogP contribution in [0.5, 0.6) is 0 Å². The van der Waals surface area contributed by atoms with Gasteiger partial charge in [-0.1, -0.05) is 60.7 Å². The van der Waals surface area contributed by atoms with Crippen LogP contribution in [0.1, 0.15) is 55.4 Å². The molecule has 2 aliphatic heterocycles. The average molecular weight is 616 g/mol. The van der Waals surface area contributed by atoms with Gasteiger partial charge in [0, 0.05) is 43.3 Å². The molecule has 0 saturated carbocycles.